The van der Waals surface area contributed by atoms with E-state index >= 15 is 0 Å². The van der Waals surface area contributed by atoms with Gasteiger partial charge in [-0.1, -0.05) is 41.9 Å². The molecule has 0 aliphatic carbocycles. The molecule has 2 heterocycles. The van der Waals surface area contributed by atoms with Crippen LogP contribution in [0.25, 0.3) is 0 Å². The quantitative estimate of drug-likeness (QED) is 0.708. The third kappa shape index (κ3) is 5.56. The smallest absolute Gasteiger partial charge is 0.234 e. The van der Waals surface area contributed by atoms with Gasteiger partial charge in [-0.05, 0) is 49.7 Å². The minimum Gasteiger partial charge on any atom is -0.367 e. The van der Waals surface area contributed by atoms with E-state index in [1.165, 1.54) is 18.9 Å². The average molecular weight is 445 g/mol. The van der Waals surface area contributed by atoms with Crippen molar-refractivity contribution in [1.29, 1.82) is 0 Å². The highest BCUT2D eigenvalue weighted by atomic mass is 35.5. The minimum atomic E-state index is -0.193. The lowest BCUT2D eigenvalue weighted by Crippen LogP contribution is -2.50. The van der Waals surface area contributed by atoms with Gasteiger partial charge in [0.1, 0.15) is 5.82 Å². The molecular formula is C24H30ClFN4O. The van der Waals surface area contributed by atoms with Gasteiger partial charge in [-0.2, -0.15) is 0 Å². The normalized spacial score (nSPS) is 18.8. The fourth-order valence-corrected chi connectivity index (χ4v) is 4.82. The van der Waals surface area contributed by atoms with Crippen molar-refractivity contribution in [3.05, 3.63) is 64.9 Å². The fourth-order valence-electron chi connectivity index (χ4n) is 4.56. The number of nitrogens with one attached hydrogen (secondary N) is 1. The number of piperazine rings is 1. The van der Waals surface area contributed by atoms with Crippen LogP contribution < -0.4 is 10.2 Å². The van der Waals surface area contributed by atoms with Crippen LogP contribution in [-0.4, -0.2) is 68.1 Å². The summed E-state index contributed by atoms with van der Waals surface area (Å²) in [4.78, 5) is 19.3. The fraction of sp³-hybridized carbons (Fsp3) is 0.458. The van der Waals surface area contributed by atoms with E-state index in [4.69, 9.17) is 11.6 Å². The number of halogens is 2. The third-order valence-electron chi connectivity index (χ3n) is 6.27. The van der Waals surface area contributed by atoms with Crippen molar-refractivity contribution in [3.63, 3.8) is 0 Å². The zero-order valence-corrected chi connectivity index (χ0v) is 18.5. The first-order chi connectivity index (χ1) is 15.1. The van der Waals surface area contributed by atoms with Crippen LogP contribution in [0.15, 0.2) is 48.5 Å². The minimum absolute atomic E-state index is 0.0237. The summed E-state index contributed by atoms with van der Waals surface area (Å²) >= 11 is 6.46. The zero-order valence-electron chi connectivity index (χ0n) is 17.8. The number of hydrogen-bond acceptors (Lipinski definition) is 4. The molecule has 7 heteroatoms. The SMILES string of the molecule is O=C(CN1CCN(c2ccccc2F)CC1)NCC(c1ccccc1Cl)N1CCCC1. The molecule has 1 N–H and O–H groups in total. The molecule has 1 unspecified atom stereocenters. The second-order valence-electron chi connectivity index (χ2n) is 8.30. The number of likely N-dealkylation sites (tertiary alicyclic amines) is 1. The molecule has 0 spiro atoms. The number of anilines is 1. The summed E-state index contributed by atoms with van der Waals surface area (Å²) in [6.45, 7) is 5.88. The highest BCUT2D eigenvalue weighted by molar-refractivity contribution is 6.31. The third-order valence-corrected chi connectivity index (χ3v) is 6.62. The summed E-state index contributed by atoms with van der Waals surface area (Å²) in [5.74, 6) is -0.170. The molecule has 31 heavy (non-hydrogen) atoms. The van der Waals surface area contributed by atoms with E-state index in [2.05, 4.69) is 21.2 Å². The van der Waals surface area contributed by atoms with Crippen LogP contribution in [0.4, 0.5) is 10.1 Å². The summed E-state index contributed by atoms with van der Waals surface area (Å²) in [5, 5.41) is 3.88. The standard InChI is InChI=1S/C24H30ClFN4O/c25-20-8-2-1-7-19(20)23(29-11-5-6-12-29)17-27-24(31)18-28-13-15-30(16-14-28)22-10-4-3-9-21(22)26/h1-4,7-10,23H,5-6,11-18H2,(H,27,31). The van der Waals surface area contributed by atoms with Crippen LogP contribution >= 0.6 is 11.6 Å². The maximum Gasteiger partial charge on any atom is 0.234 e. The molecular weight excluding hydrogens is 415 g/mol. The topological polar surface area (TPSA) is 38.8 Å². The Kier molecular flexibility index (Phi) is 7.43. The number of rotatable bonds is 7. The number of hydrogen-bond donors (Lipinski definition) is 1. The van der Waals surface area contributed by atoms with Crippen molar-refractivity contribution >= 4 is 23.2 Å². The first-order valence-electron chi connectivity index (χ1n) is 11.1. The van der Waals surface area contributed by atoms with Crippen LogP contribution in [0.2, 0.25) is 5.02 Å². The van der Waals surface area contributed by atoms with E-state index in [-0.39, 0.29) is 17.8 Å². The molecule has 5 nitrogen and oxygen atoms in total. The molecule has 2 fully saturated rings. The van der Waals surface area contributed by atoms with Crippen LogP contribution in [0.1, 0.15) is 24.4 Å². The van der Waals surface area contributed by atoms with Gasteiger partial charge in [-0.25, -0.2) is 4.39 Å². The van der Waals surface area contributed by atoms with Crippen molar-refractivity contribution in [2.75, 3.05) is 57.3 Å². The van der Waals surface area contributed by atoms with Crippen molar-refractivity contribution in [1.82, 2.24) is 15.1 Å². The van der Waals surface area contributed by atoms with Gasteiger partial charge >= 0.3 is 0 Å². The maximum atomic E-state index is 14.0. The van der Waals surface area contributed by atoms with Crippen molar-refractivity contribution in [2.24, 2.45) is 0 Å². The van der Waals surface area contributed by atoms with Gasteiger partial charge < -0.3 is 10.2 Å². The van der Waals surface area contributed by atoms with Crippen molar-refractivity contribution in [3.8, 4) is 0 Å². The summed E-state index contributed by atoms with van der Waals surface area (Å²) in [5.41, 5.74) is 1.71. The molecule has 2 aromatic rings. The van der Waals surface area contributed by atoms with Crippen LogP contribution in [-0.2, 0) is 4.79 Å². The zero-order chi connectivity index (χ0) is 21.6. The molecule has 2 aliphatic heterocycles. The van der Waals surface area contributed by atoms with Gasteiger partial charge in [0.05, 0.1) is 18.3 Å². The highest BCUT2D eigenvalue weighted by Gasteiger charge is 2.26. The Bertz CT molecular complexity index is 881. The van der Waals surface area contributed by atoms with Gasteiger partial charge in [-0.3, -0.25) is 14.6 Å². The first kappa shape index (κ1) is 22.1. The molecule has 0 aromatic heterocycles. The van der Waals surface area contributed by atoms with Crippen LogP contribution in [0, 0.1) is 5.82 Å². The van der Waals surface area contributed by atoms with E-state index in [9.17, 15) is 9.18 Å². The molecule has 2 aromatic carbocycles. The van der Waals surface area contributed by atoms with E-state index in [0.717, 1.165) is 36.8 Å². The highest BCUT2D eigenvalue weighted by Crippen LogP contribution is 2.29. The summed E-state index contributed by atoms with van der Waals surface area (Å²) in [7, 11) is 0. The van der Waals surface area contributed by atoms with Crippen LogP contribution in [0.5, 0.6) is 0 Å². The van der Waals surface area contributed by atoms with Crippen molar-refractivity contribution < 1.29 is 9.18 Å². The number of para-hydroxylation sites is 1. The Morgan fingerprint density at radius 1 is 0.968 bits per heavy atom. The monoisotopic (exact) mass is 444 g/mol. The Morgan fingerprint density at radius 2 is 1.65 bits per heavy atom. The average Bonchev–Trinajstić information content (AvgIpc) is 3.31. The largest absolute Gasteiger partial charge is 0.367 e. The van der Waals surface area contributed by atoms with E-state index in [0.29, 0.717) is 31.9 Å². The molecule has 2 aliphatic rings. The van der Waals surface area contributed by atoms with Gasteiger partial charge in [0.15, 0.2) is 0 Å². The number of benzene rings is 2. The Morgan fingerprint density at radius 3 is 2.35 bits per heavy atom. The van der Waals surface area contributed by atoms with Gasteiger partial charge in [0, 0.05) is 37.7 Å². The maximum absolute atomic E-state index is 14.0. The Labute approximate surface area is 188 Å². The van der Waals surface area contributed by atoms with E-state index in [1.807, 2.05) is 35.2 Å². The molecule has 1 atom stereocenters. The van der Waals surface area contributed by atoms with Crippen molar-refractivity contribution in [2.45, 2.75) is 18.9 Å². The molecule has 4 rings (SSSR count). The molecule has 166 valence electrons. The summed E-state index contributed by atoms with van der Waals surface area (Å²) < 4.78 is 14.0. The van der Waals surface area contributed by atoms with Gasteiger partial charge in [0.2, 0.25) is 5.91 Å². The number of amides is 1. The van der Waals surface area contributed by atoms with E-state index < -0.39 is 0 Å². The Hall–Kier alpha value is -2.15. The van der Waals surface area contributed by atoms with E-state index in [1.54, 1.807) is 6.07 Å². The second-order valence-corrected chi connectivity index (χ2v) is 8.71. The summed E-state index contributed by atoms with van der Waals surface area (Å²) in [6.07, 6.45) is 2.36. The Balaban J connectivity index is 1.29. The predicted octanol–water partition coefficient (Wildman–Crippen LogP) is 3.55. The molecule has 1 amide bonds. The predicted molar refractivity (Wildman–Crippen MR) is 123 cm³/mol. The lowest BCUT2D eigenvalue weighted by Gasteiger charge is -2.36. The molecule has 0 bridgehead atoms. The number of carbonyl (C=O) groups is 1. The molecule has 0 saturated carbocycles. The van der Waals surface area contributed by atoms with Gasteiger partial charge in [0.25, 0.3) is 0 Å². The molecule has 0 radical (unpaired) electrons. The number of nitrogens with zero attached hydrogens (tertiary/aromatic N) is 3. The lowest BCUT2D eigenvalue weighted by molar-refractivity contribution is -0.122. The second kappa shape index (κ2) is 10.4. The first-order valence-corrected chi connectivity index (χ1v) is 11.5. The van der Waals surface area contributed by atoms with Crippen LogP contribution in [0.3, 0.4) is 0 Å². The lowest BCUT2D eigenvalue weighted by atomic mass is 10.1. The number of carbonyl (C=O) groups excluding carboxylic acids is 1. The molecule has 2 saturated heterocycles. The van der Waals surface area contributed by atoms with Gasteiger partial charge in [-0.15, -0.1) is 0 Å². The summed E-state index contributed by atoms with van der Waals surface area (Å²) in [6, 6.07) is 14.9.